The molecule has 2 aliphatic heterocycles. The Bertz CT molecular complexity index is 450. The number of hydrogen-bond donors (Lipinski definition) is 6. The van der Waals surface area contributed by atoms with Gasteiger partial charge in [-0.3, -0.25) is 0 Å². The number of ether oxygens (including phenoxy) is 2. The lowest BCUT2D eigenvalue weighted by atomic mass is 9.87. The van der Waals surface area contributed by atoms with Gasteiger partial charge in [-0.2, -0.15) is 0 Å². The van der Waals surface area contributed by atoms with Gasteiger partial charge in [0, 0.05) is 0 Å². The van der Waals surface area contributed by atoms with Crippen molar-refractivity contribution in [3.63, 3.8) is 0 Å². The first kappa shape index (κ1) is 16.2. The molecule has 9 atom stereocenters. The van der Waals surface area contributed by atoms with Crippen LogP contribution in [0.2, 0.25) is 0 Å². The molecule has 0 aromatic carbocycles. The molecule has 8 nitrogen and oxygen atoms in total. The standard InChI is InChI=1S/C13H20FNO7/c14-7-11(19)8(6-3-21-13(7)22-6)15-5-1-4(2-16)9(17)12(20)10(5)18/h1,5-13,15-20H,2-3H2/t5-,6+,7+,8-,9+,10-,11+,12-,13+/m0/s1. The Kier molecular flexibility index (Phi) is 4.49. The summed E-state index contributed by atoms with van der Waals surface area (Å²) in [6.45, 7) is -0.391. The molecule has 0 aromatic heterocycles. The third-order valence-electron chi connectivity index (χ3n) is 4.47. The van der Waals surface area contributed by atoms with Gasteiger partial charge in [-0.05, 0) is 5.57 Å². The van der Waals surface area contributed by atoms with Crippen LogP contribution in [0.5, 0.6) is 0 Å². The van der Waals surface area contributed by atoms with Gasteiger partial charge in [0.2, 0.25) is 0 Å². The van der Waals surface area contributed by atoms with E-state index >= 15 is 0 Å². The Morgan fingerprint density at radius 1 is 1.18 bits per heavy atom. The van der Waals surface area contributed by atoms with Crippen molar-refractivity contribution in [2.24, 2.45) is 0 Å². The van der Waals surface area contributed by atoms with E-state index in [0.29, 0.717) is 0 Å². The highest BCUT2D eigenvalue weighted by atomic mass is 19.1. The molecular formula is C13H20FNO7. The fourth-order valence-electron chi connectivity index (χ4n) is 3.14. The predicted octanol–water partition coefficient (Wildman–Crippen LogP) is -3.22. The van der Waals surface area contributed by atoms with Gasteiger partial charge in [0.15, 0.2) is 12.5 Å². The SMILES string of the molecule is OCC1=C[C@H](N[C@@H]2[C@H](O)[C@@H](F)[C@@H]3OC[C@H]2O3)[C@H](O)[C@@H](O)[C@@H]1O. The van der Waals surface area contributed by atoms with Gasteiger partial charge in [0.1, 0.15) is 30.5 Å². The predicted molar refractivity (Wildman–Crippen MR) is 69.4 cm³/mol. The summed E-state index contributed by atoms with van der Waals surface area (Å²) < 4.78 is 24.3. The zero-order chi connectivity index (χ0) is 16.0. The van der Waals surface area contributed by atoms with E-state index < -0.39 is 61.7 Å². The number of aliphatic hydroxyl groups excluding tert-OH is 5. The van der Waals surface area contributed by atoms with Crippen LogP contribution >= 0.6 is 0 Å². The number of aliphatic hydroxyl groups is 5. The van der Waals surface area contributed by atoms with Gasteiger partial charge in [-0.15, -0.1) is 0 Å². The molecule has 0 spiro atoms. The van der Waals surface area contributed by atoms with E-state index in [2.05, 4.69) is 5.32 Å². The minimum atomic E-state index is -1.73. The molecule has 2 fully saturated rings. The third-order valence-corrected chi connectivity index (χ3v) is 4.47. The van der Waals surface area contributed by atoms with Crippen LogP contribution in [0.1, 0.15) is 0 Å². The Labute approximate surface area is 125 Å². The topological polar surface area (TPSA) is 132 Å². The van der Waals surface area contributed by atoms with E-state index in [-0.39, 0.29) is 12.2 Å². The molecule has 6 N–H and O–H groups in total. The second-order valence-corrected chi connectivity index (χ2v) is 5.86. The molecule has 1 aliphatic carbocycles. The molecule has 0 unspecified atom stereocenters. The average molecular weight is 321 g/mol. The van der Waals surface area contributed by atoms with Crippen LogP contribution in [0, 0.1) is 0 Å². The average Bonchev–Trinajstić information content (AvgIpc) is 2.96. The van der Waals surface area contributed by atoms with Crippen molar-refractivity contribution in [2.75, 3.05) is 13.2 Å². The second kappa shape index (κ2) is 6.10. The highest BCUT2D eigenvalue weighted by Crippen LogP contribution is 2.31. The van der Waals surface area contributed by atoms with Crippen molar-refractivity contribution < 1.29 is 39.4 Å². The van der Waals surface area contributed by atoms with E-state index in [1.165, 1.54) is 6.08 Å². The van der Waals surface area contributed by atoms with Crippen molar-refractivity contribution in [3.8, 4) is 0 Å². The van der Waals surface area contributed by atoms with Gasteiger partial charge in [0.25, 0.3) is 0 Å². The summed E-state index contributed by atoms with van der Waals surface area (Å²) in [4.78, 5) is 0. The van der Waals surface area contributed by atoms with Crippen LogP contribution < -0.4 is 5.32 Å². The molecule has 2 heterocycles. The quantitative estimate of drug-likeness (QED) is 0.299. The lowest BCUT2D eigenvalue weighted by molar-refractivity contribution is -0.180. The minimum Gasteiger partial charge on any atom is -0.392 e. The molecular weight excluding hydrogens is 301 g/mol. The first-order valence-corrected chi connectivity index (χ1v) is 7.15. The number of halogens is 1. The molecule has 0 amide bonds. The Balaban J connectivity index is 1.78. The van der Waals surface area contributed by atoms with Gasteiger partial charge in [-0.1, -0.05) is 6.08 Å². The monoisotopic (exact) mass is 321 g/mol. The van der Waals surface area contributed by atoms with Crippen LogP contribution in [0.3, 0.4) is 0 Å². The highest BCUT2D eigenvalue weighted by molar-refractivity contribution is 5.22. The molecule has 2 saturated heterocycles. The molecule has 3 rings (SSSR count). The second-order valence-electron chi connectivity index (χ2n) is 5.86. The lowest BCUT2D eigenvalue weighted by Gasteiger charge is -2.40. The largest absolute Gasteiger partial charge is 0.392 e. The van der Waals surface area contributed by atoms with Crippen molar-refractivity contribution in [1.29, 1.82) is 0 Å². The Hall–Kier alpha value is -0.650. The first-order chi connectivity index (χ1) is 10.4. The molecule has 0 saturated carbocycles. The van der Waals surface area contributed by atoms with Crippen LogP contribution in [-0.2, 0) is 9.47 Å². The summed E-state index contributed by atoms with van der Waals surface area (Å²) in [6.07, 6.45) is -7.69. The zero-order valence-electron chi connectivity index (χ0n) is 11.6. The summed E-state index contributed by atoms with van der Waals surface area (Å²) >= 11 is 0. The maximum Gasteiger partial charge on any atom is 0.192 e. The van der Waals surface area contributed by atoms with Gasteiger partial charge in [-0.25, -0.2) is 4.39 Å². The van der Waals surface area contributed by atoms with Gasteiger partial charge in [0.05, 0.1) is 25.3 Å². The highest BCUT2D eigenvalue weighted by Gasteiger charge is 2.51. The molecule has 126 valence electrons. The fourth-order valence-corrected chi connectivity index (χ4v) is 3.14. The van der Waals surface area contributed by atoms with Crippen molar-refractivity contribution in [1.82, 2.24) is 5.32 Å². The summed E-state index contributed by atoms with van der Waals surface area (Å²) in [6, 6.07) is -1.74. The third kappa shape index (κ3) is 2.57. The van der Waals surface area contributed by atoms with Crippen LogP contribution in [-0.4, -0.2) is 93.8 Å². The van der Waals surface area contributed by atoms with Crippen molar-refractivity contribution in [3.05, 3.63) is 11.6 Å². The molecule has 3 aliphatic rings. The van der Waals surface area contributed by atoms with E-state index in [0.717, 1.165) is 0 Å². The molecule has 0 aromatic rings. The minimum absolute atomic E-state index is 0.102. The number of fused-ring (bicyclic) bond motifs is 2. The summed E-state index contributed by atoms with van der Waals surface area (Å²) in [5.41, 5.74) is 0.138. The van der Waals surface area contributed by atoms with E-state index in [1.54, 1.807) is 0 Å². The van der Waals surface area contributed by atoms with Gasteiger partial charge >= 0.3 is 0 Å². The zero-order valence-corrected chi connectivity index (χ0v) is 11.6. The van der Waals surface area contributed by atoms with E-state index in [1.807, 2.05) is 0 Å². The lowest BCUT2D eigenvalue weighted by Crippen LogP contribution is -2.64. The maximum absolute atomic E-state index is 13.9. The smallest absolute Gasteiger partial charge is 0.192 e. The number of rotatable bonds is 3. The summed E-state index contributed by atoms with van der Waals surface area (Å²) in [5, 5.41) is 51.6. The first-order valence-electron chi connectivity index (χ1n) is 7.15. The Morgan fingerprint density at radius 2 is 1.91 bits per heavy atom. The Morgan fingerprint density at radius 3 is 2.59 bits per heavy atom. The van der Waals surface area contributed by atoms with E-state index in [4.69, 9.17) is 9.47 Å². The van der Waals surface area contributed by atoms with Gasteiger partial charge < -0.3 is 40.3 Å². The molecule has 9 heteroatoms. The normalized spacial score (nSPS) is 51.7. The number of alkyl halides is 1. The molecule has 2 bridgehead atoms. The van der Waals surface area contributed by atoms with Crippen LogP contribution in [0.25, 0.3) is 0 Å². The fraction of sp³-hybridized carbons (Fsp3) is 0.846. The van der Waals surface area contributed by atoms with E-state index in [9.17, 15) is 29.9 Å². The molecule has 0 radical (unpaired) electrons. The molecule has 22 heavy (non-hydrogen) atoms. The van der Waals surface area contributed by atoms with Crippen LogP contribution in [0.15, 0.2) is 11.6 Å². The number of hydrogen-bond acceptors (Lipinski definition) is 8. The number of nitrogens with one attached hydrogen (secondary N) is 1. The maximum atomic E-state index is 13.9. The van der Waals surface area contributed by atoms with Crippen molar-refractivity contribution >= 4 is 0 Å². The van der Waals surface area contributed by atoms with Crippen LogP contribution in [0.4, 0.5) is 4.39 Å². The van der Waals surface area contributed by atoms with Crippen molar-refractivity contribution in [2.45, 2.75) is 55.1 Å². The summed E-state index contributed by atoms with van der Waals surface area (Å²) in [5.74, 6) is 0. The summed E-state index contributed by atoms with van der Waals surface area (Å²) in [7, 11) is 0.